The maximum absolute atomic E-state index is 13.1. The Labute approximate surface area is 160 Å². The quantitative estimate of drug-likeness (QED) is 0.843. The number of hydrogen-bond acceptors (Lipinski definition) is 4. The Morgan fingerprint density at radius 2 is 2.07 bits per heavy atom. The summed E-state index contributed by atoms with van der Waals surface area (Å²) in [5, 5.41) is 3.06. The molecule has 1 aromatic heterocycles. The van der Waals surface area contributed by atoms with Gasteiger partial charge in [0.2, 0.25) is 5.91 Å². The van der Waals surface area contributed by atoms with Crippen LogP contribution in [0.3, 0.4) is 0 Å². The van der Waals surface area contributed by atoms with Crippen LogP contribution in [-0.4, -0.2) is 35.5 Å². The number of piperidine rings is 1. The van der Waals surface area contributed by atoms with Crippen LogP contribution in [0.25, 0.3) is 11.4 Å². The number of carbonyl (C=O) groups excluding carboxylic acids is 1. The van der Waals surface area contributed by atoms with Crippen molar-refractivity contribution in [2.75, 3.05) is 24.5 Å². The van der Waals surface area contributed by atoms with Gasteiger partial charge >= 0.3 is 0 Å². The average molecular weight is 370 g/mol. The van der Waals surface area contributed by atoms with Gasteiger partial charge in [-0.05, 0) is 55.5 Å². The third-order valence-electron chi connectivity index (χ3n) is 4.88. The minimum absolute atomic E-state index is 0.0184. The molecule has 2 aromatic rings. The highest BCUT2D eigenvalue weighted by Gasteiger charge is 2.26. The summed E-state index contributed by atoms with van der Waals surface area (Å²) in [5.74, 6) is 1.79. The molecule has 1 saturated heterocycles. The monoisotopic (exact) mass is 370 g/mol. The zero-order valence-electron chi connectivity index (χ0n) is 16.0. The summed E-state index contributed by atoms with van der Waals surface area (Å²) in [6, 6.07) is 8.03. The van der Waals surface area contributed by atoms with E-state index in [0.717, 1.165) is 43.7 Å². The van der Waals surface area contributed by atoms with Gasteiger partial charge in [-0.15, -0.1) is 0 Å². The van der Waals surface area contributed by atoms with Crippen molar-refractivity contribution in [1.82, 2.24) is 15.3 Å². The second kappa shape index (κ2) is 8.93. The van der Waals surface area contributed by atoms with Gasteiger partial charge in [-0.25, -0.2) is 14.4 Å². The van der Waals surface area contributed by atoms with E-state index in [1.165, 1.54) is 12.1 Å². The van der Waals surface area contributed by atoms with Crippen molar-refractivity contribution in [1.29, 1.82) is 0 Å². The van der Waals surface area contributed by atoms with Crippen LogP contribution in [0.2, 0.25) is 0 Å². The van der Waals surface area contributed by atoms with E-state index in [2.05, 4.69) is 34.0 Å². The average Bonchev–Trinajstić information content (AvgIpc) is 2.68. The smallest absolute Gasteiger partial charge is 0.224 e. The summed E-state index contributed by atoms with van der Waals surface area (Å²) in [5.41, 5.74) is 0.776. The largest absolute Gasteiger partial charge is 0.356 e. The Hall–Kier alpha value is -2.50. The normalized spacial score (nSPS) is 17.2. The Bertz CT molecular complexity index is 763. The number of nitrogens with one attached hydrogen (secondary N) is 1. The van der Waals surface area contributed by atoms with E-state index in [0.29, 0.717) is 18.3 Å². The number of aromatic nitrogens is 2. The molecule has 0 bridgehead atoms. The summed E-state index contributed by atoms with van der Waals surface area (Å²) in [7, 11) is 0. The van der Waals surface area contributed by atoms with E-state index in [-0.39, 0.29) is 17.6 Å². The highest BCUT2D eigenvalue weighted by atomic mass is 19.1. The van der Waals surface area contributed by atoms with Crippen molar-refractivity contribution in [2.45, 2.75) is 33.1 Å². The van der Waals surface area contributed by atoms with Crippen molar-refractivity contribution < 1.29 is 9.18 Å². The fourth-order valence-electron chi connectivity index (χ4n) is 3.29. The van der Waals surface area contributed by atoms with Crippen LogP contribution in [0.1, 0.15) is 33.1 Å². The molecule has 1 N–H and O–H groups in total. The zero-order chi connectivity index (χ0) is 19.2. The lowest BCUT2D eigenvalue weighted by Gasteiger charge is -2.33. The zero-order valence-corrected chi connectivity index (χ0v) is 16.0. The van der Waals surface area contributed by atoms with E-state index in [9.17, 15) is 9.18 Å². The number of carbonyl (C=O) groups is 1. The second-order valence-corrected chi connectivity index (χ2v) is 7.50. The summed E-state index contributed by atoms with van der Waals surface area (Å²) in [6.07, 6.45) is 4.57. The highest BCUT2D eigenvalue weighted by Crippen LogP contribution is 2.24. The van der Waals surface area contributed by atoms with E-state index in [1.807, 2.05) is 6.07 Å². The lowest BCUT2D eigenvalue weighted by atomic mass is 9.97. The molecule has 1 aliphatic heterocycles. The minimum atomic E-state index is -0.280. The molecule has 0 aliphatic carbocycles. The van der Waals surface area contributed by atoms with Gasteiger partial charge in [-0.1, -0.05) is 13.8 Å². The standard InChI is InChI=1S/C21H27FN4O/c1-15(2)9-11-24-21(27)17-4-3-13-26(14-17)19-10-12-23-20(25-19)16-5-7-18(22)8-6-16/h5-8,10,12,15,17H,3-4,9,11,13-14H2,1-2H3,(H,24,27). The van der Waals surface area contributed by atoms with Gasteiger partial charge in [-0.2, -0.15) is 0 Å². The Kier molecular flexibility index (Phi) is 6.37. The number of amides is 1. The Morgan fingerprint density at radius 1 is 1.30 bits per heavy atom. The maximum Gasteiger partial charge on any atom is 0.224 e. The summed E-state index contributed by atoms with van der Waals surface area (Å²) < 4.78 is 13.1. The van der Waals surface area contributed by atoms with Gasteiger partial charge in [0.15, 0.2) is 5.82 Å². The molecule has 1 aromatic carbocycles. The van der Waals surface area contributed by atoms with Crippen molar-refractivity contribution in [2.24, 2.45) is 11.8 Å². The Balaban J connectivity index is 1.66. The number of rotatable bonds is 6. The van der Waals surface area contributed by atoms with Crippen LogP contribution >= 0.6 is 0 Å². The molecule has 3 rings (SSSR count). The summed E-state index contributed by atoms with van der Waals surface area (Å²) in [4.78, 5) is 23.6. The van der Waals surface area contributed by atoms with E-state index >= 15 is 0 Å². The molecular formula is C21H27FN4O. The first kappa shape index (κ1) is 19.3. The van der Waals surface area contributed by atoms with Crippen LogP contribution in [-0.2, 0) is 4.79 Å². The fraction of sp³-hybridized carbons (Fsp3) is 0.476. The van der Waals surface area contributed by atoms with Crippen LogP contribution in [0.15, 0.2) is 36.5 Å². The maximum atomic E-state index is 13.1. The number of nitrogens with zero attached hydrogens (tertiary/aromatic N) is 3. The predicted octanol–water partition coefficient (Wildman–Crippen LogP) is 3.66. The molecule has 1 fully saturated rings. The van der Waals surface area contributed by atoms with E-state index < -0.39 is 0 Å². The first-order valence-electron chi connectivity index (χ1n) is 9.64. The summed E-state index contributed by atoms with van der Waals surface area (Å²) >= 11 is 0. The van der Waals surface area contributed by atoms with E-state index in [1.54, 1.807) is 18.3 Å². The molecule has 1 amide bonds. The predicted molar refractivity (Wildman–Crippen MR) is 105 cm³/mol. The van der Waals surface area contributed by atoms with Crippen molar-refractivity contribution in [3.05, 3.63) is 42.3 Å². The molecule has 2 heterocycles. The van der Waals surface area contributed by atoms with Gasteiger partial charge in [0.1, 0.15) is 11.6 Å². The molecule has 1 unspecified atom stereocenters. The Morgan fingerprint density at radius 3 is 2.81 bits per heavy atom. The van der Waals surface area contributed by atoms with Crippen molar-refractivity contribution in [3.8, 4) is 11.4 Å². The SMILES string of the molecule is CC(C)CCNC(=O)C1CCCN(c2ccnc(-c3ccc(F)cc3)n2)C1. The number of hydrogen-bond donors (Lipinski definition) is 1. The molecule has 1 atom stereocenters. The van der Waals surface area contributed by atoms with Crippen LogP contribution in [0.4, 0.5) is 10.2 Å². The van der Waals surface area contributed by atoms with Gasteiger partial charge in [0, 0.05) is 31.4 Å². The molecule has 27 heavy (non-hydrogen) atoms. The molecule has 1 aliphatic rings. The van der Waals surface area contributed by atoms with Gasteiger partial charge in [0.05, 0.1) is 5.92 Å². The molecule has 5 nitrogen and oxygen atoms in total. The minimum Gasteiger partial charge on any atom is -0.356 e. The lowest BCUT2D eigenvalue weighted by molar-refractivity contribution is -0.125. The molecule has 144 valence electrons. The third-order valence-corrected chi connectivity index (χ3v) is 4.88. The summed E-state index contributed by atoms with van der Waals surface area (Å²) in [6.45, 7) is 6.57. The van der Waals surface area contributed by atoms with Gasteiger partial charge < -0.3 is 10.2 Å². The van der Waals surface area contributed by atoms with Crippen LogP contribution in [0, 0.1) is 17.7 Å². The van der Waals surface area contributed by atoms with Crippen LogP contribution in [0.5, 0.6) is 0 Å². The molecule has 6 heteroatoms. The number of halogens is 1. The van der Waals surface area contributed by atoms with Crippen molar-refractivity contribution in [3.63, 3.8) is 0 Å². The highest BCUT2D eigenvalue weighted by molar-refractivity contribution is 5.79. The second-order valence-electron chi connectivity index (χ2n) is 7.50. The molecule has 0 spiro atoms. The van der Waals surface area contributed by atoms with E-state index in [4.69, 9.17) is 0 Å². The molecular weight excluding hydrogens is 343 g/mol. The lowest BCUT2D eigenvalue weighted by Crippen LogP contribution is -2.43. The fourth-order valence-corrected chi connectivity index (χ4v) is 3.29. The third kappa shape index (κ3) is 5.25. The van der Waals surface area contributed by atoms with Crippen molar-refractivity contribution >= 4 is 11.7 Å². The topological polar surface area (TPSA) is 58.1 Å². The first-order valence-corrected chi connectivity index (χ1v) is 9.64. The van der Waals surface area contributed by atoms with Crippen LogP contribution < -0.4 is 10.2 Å². The number of benzene rings is 1. The first-order chi connectivity index (χ1) is 13.0. The molecule has 0 saturated carbocycles. The molecule has 0 radical (unpaired) electrons. The van der Waals surface area contributed by atoms with Gasteiger partial charge in [-0.3, -0.25) is 4.79 Å². The number of anilines is 1. The van der Waals surface area contributed by atoms with Gasteiger partial charge in [0.25, 0.3) is 0 Å².